The fraction of sp³-hybridized carbons (Fsp3) is 0.273. The summed E-state index contributed by atoms with van der Waals surface area (Å²) in [6.07, 6.45) is 4.79. The van der Waals surface area contributed by atoms with Gasteiger partial charge in [0.25, 0.3) is 0 Å². The van der Waals surface area contributed by atoms with E-state index < -0.39 is 9.84 Å². The minimum absolute atomic E-state index is 0.287. The summed E-state index contributed by atoms with van der Waals surface area (Å²) in [6, 6.07) is 6.53. The quantitative estimate of drug-likeness (QED) is 0.392. The van der Waals surface area contributed by atoms with Gasteiger partial charge in [-0.05, 0) is 24.0 Å². The summed E-state index contributed by atoms with van der Waals surface area (Å²) in [5.41, 5.74) is 0.883. The van der Waals surface area contributed by atoms with Gasteiger partial charge in [0, 0.05) is 6.26 Å². The number of hydrogen-bond acceptors (Lipinski definition) is 5. The van der Waals surface area contributed by atoms with Crippen molar-refractivity contribution in [2.75, 3.05) is 12.5 Å². The summed E-state index contributed by atoms with van der Waals surface area (Å²) in [4.78, 5) is 4.48. The third-order valence-corrected chi connectivity index (χ3v) is 3.86. The lowest BCUT2D eigenvalue weighted by Crippen LogP contribution is -2.13. The predicted molar refractivity (Wildman–Crippen MR) is 73.0 cm³/mol. The largest absolute Gasteiger partial charge is 0.272 e. The van der Waals surface area contributed by atoms with E-state index in [-0.39, 0.29) is 4.90 Å². The average molecular weight is 283 g/mol. The van der Waals surface area contributed by atoms with Crippen molar-refractivity contribution in [1.82, 2.24) is 5.32 Å². The highest BCUT2D eigenvalue weighted by molar-refractivity contribution is 8.13. The van der Waals surface area contributed by atoms with Crippen LogP contribution in [0.5, 0.6) is 0 Å². The van der Waals surface area contributed by atoms with Crippen LogP contribution in [0.1, 0.15) is 5.56 Å². The minimum Gasteiger partial charge on any atom is -0.272 e. The summed E-state index contributed by atoms with van der Waals surface area (Å²) >= 11 is 1.34. The molecular formula is C11H13N3O2S2. The van der Waals surface area contributed by atoms with E-state index in [1.165, 1.54) is 18.0 Å². The number of hydrogen-bond donors (Lipinski definition) is 1. The van der Waals surface area contributed by atoms with Crippen LogP contribution < -0.4 is 5.32 Å². The Bertz CT molecular complexity index is 571. The van der Waals surface area contributed by atoms with E-state index in [1.54, 1.807) is 30.5 Å². The number of sulfone groups is 1. The first-order valence-electron chi connectivity index (χ1n) is 5.00. The van der Waals surface area contributed by atoms with Crippen molar-refractivity contribution in [2.45, 2.75) is 11.4 Å². The van der Waals surface area contributed by atoms with Crippen molar-refractivity contribution in [1.29, 1.82) is 5.26 Å². The molecule has 0 amide bonds. The highest BCUT2D eigenvalue weighted by Crippen LogP contribution is 2.11. The number of nitrogens with zero attached hydrogens (tertiary/aromatic N) is 2. The van der Waals surface area contributed by atoms with Crippen LogP contribution in [-0.2, 0) is 16.4 Å². The fourth-order valence-corrected chi connectivity index (χ4v) is 2.18. The van der Waals surface area contributed by atoms with Crippen molar-refractivity contribution >= 4 is 26.8 Å². The lowest BCUT2D eigenvalue weighted by atomic mass is 10.2. The van der Waals surface area contributed by atoms with Crippen molar-refractivity contribution in [3.63, 3.8) is 0 Å². The molecule has 0 spiro atoms. The van der Waals surface area contributed by atoms with Crippen LogP contribution in [-0.4, -0.2) is 26.1 Å². The predicted octanol–water partition coefficient (Wildman–Crippen LogP) is 1.38. The van der Waals surface area contributed by atoms with Crippen LogP contribution in [0.3, 0.4) is 0 Å². The highest BCUT2D eigenvalue weighted by atomic mass is 32.2. The van der Waals surface area contributed by atoms with E-state index >= 15 is 0 Å². The molecule has 1 N–H and O–H groups in total. The molecule has 0 radical (unpaired) electrons. The number of aliphatic imine (C=N–C) groups is 1. The Hall–Kier alpha value is -1.52. The molecule has 0 heterocycles. The van der Waals surface area contributed by atoms with Gasteiger partial charge in [0.15, 0.2) is 21.2 Å². The molecule has 18 heavy (non-hydrogen) atoms. The fourth-order valence-electron chi connectivity index (χ4n) is 1.21. The van der Waals surface area contributed by atoms with Gasteiger partial charge in [0.2, 0.25) is 0 Å². The molecule has 96 valence electrons. The molecule has 0 unspecified atom stereocenters. The molecule has 1 aromatic carbocycles. The minimum atomic E-state index is -3.16. The first-order valence-corrected chi connectivity index (χ1v) is 8.11. The maximum absolute atomic E-state index is 11.3. The molecule has 0 aliphatic rings. The van der Waals surface area contributed by atoms with Gasteiger partial charge in [-0.25, -0.2) is 8.42 Å². The Morgan fingerprint density at radius 2 is 2.06 bits per heavy atom. The lowest BCUT2D eigenvalue weighted by Gasteiger charge is -2.02. The summed E-state index contributed by atoms with van der Waals surface area (Å²) in [6.45, 7) is 0.398. The van der Waals surface area contributed by atoms with Crippen LogP contribution in [0.25, 0.3) is 0 Å². The molecule has 5 nitrogen and oxygen atoms in total. The number of thioether (sulfide) groups is 1. The first kappa shape index (κ1) is 14.5. The summed E-state index contributed by atoms with van der Waals surface area (Å²) in [5, 5.41) is 11.5. The van der Waals surface area contributed by atoms with Gasteiger partial charge in [-0.2, -0.15) is 5.26 Å². The second-order valence-electron chi connectivity index (χ2n) is 3.48. The molecule has 1 aromatic rings. The normalized spacial score (nSPS) is 11.9. The zero-order valence-corrected chi connectivity index (χ0v) is 11.7. The van der Waals surface area contributed by atoms with Crippen molar-refractivity contribution in [3.8, 4) is 6.19 Å². The van der Waals surface area contributed by atoms with E-state index in [9.17, 15) is 8.42 Å². The molecule has 0 fully saturated rings. The Morgan fingerprint density at radius 3 is 2.50 bits per heavy atom. The molecule has 0 bridgehead atoms. The number of amidine groups is 1. The second kappa shape index (κ2) is 6.42. The van der Waals surface area contributed by atoms with Crippen LogP contribution >= 0.6 is 11.8 Å². The highest BCUT2D eigenvalue weighted by Gasteiger charge is 2.05. The van der Waals surface area contributed by atoms with Gasteiger partial charge in [-0.15, -0.1) is 0 Å². The smallest absolute Gasteiger partial charge is 0.183 e. The zero-order chi connectivity index (χ0) is 13.6. The van der Waals surface area contributed by atoms with Crippen molar-refractivity contribution in [2.24, 2.45) is 4.99 Å². The Kier molecular flexibility index (Phi) is 5.19. The van der Waals surface area contributed by atoms with Gasteiger partial charge in [0.05, 0.1) is 11.4 Å². The lowest BCUT2D eigenvalue weighted by molar-refractivity contribution is 0.602. The molecule has 0 aliphatic carbocycles. The standard InChI is InChI=1S/C11H13N3O2S2/c1-17-11(14-8-12)13-7-9-3-5-10(6-4-9)18(2,15)16/h3-6H,7H2,1-2H3,(H,13,14). The number of nitriles is 1. The monoisotopic (exact) mass is 283 g/mol. The van der Waals surface area contributed by atoms with Crippen molar-refractivity contribution < 1.29 is 8.42 Å². The van der Waals surface area contributed by atoms with Gasteiger partial charge >= 0.3 is 0 Å². The van der Waals surface area contributed by atoms with Gasteiger partial charge in [-0.1, -0.05) is 23.9 Å². The average Bonchev–Trinajstić information content (AvgIpc) is 2.34. The number of benzene rings is 1. The third kappa shape index (κ3) is 4.39. The SMILES string of the molecule is CSC(=NCc1ccc(S(C)(=O)=O)cc1)NC#N. The molecule has 1 rings (SSSR count). The zero-order valence-electron chi connectivity index (χ0n) is 10.0. The second-order valence-corrected chi connectivity index (χ2v) is 6.29. The molecule has 7 heteroatoms. The maximum atomic E-state index is 11.3. The van der Waals surface area contributed by atoms with E-state index in [4.69, 9.17) is 5.26 Å². The van der Waals surface area contributed by atoms with Crippen LogP contribution in [0.15, 0.2) is 34.2 Å². The Balaban J connectivity index is 2.79. The molecule has 0 atom stereocenters. The topological polar surface area (TPSA) is 82.3 Å². The van der Waals surface area contributed by atoms with Crippen LogP contribution in [0.2, 0.25) is 0 Å². The molecule has 0 saturated carbocycles. The van der Waals surface area contributed by atoms with Crippen molar-refractivity contribution in [3.05, 3.63) is 29.8 Å². The first-order chi connectivity index (χ1) is 8.47. The molecular weight excluding hydrogens is 270 g/mol. The molecule has 0 aromatic heterocycles. The van der Waals surface area contributed by atoms with E-state index in [1.807, 2.05) is 6.26 Å². The van der Waals surface area contributed by atoms with Crippen LogP contribution in [0, 0.1) is 11.5 Å². The summed E-state index contributed by atoms with van der Waals surface area (Å²) < 4.78 is 22.5. The summed E-state index contributed by atoms with van der Waals surface area (Å²) in [5.74, 6) is 0. The van der Waals surface area contributed by atoms with E-state index in [0.717, 1.165) is 5.56 Å². The van der Waals surface area contributed by atoms with Gasteiger partial charge in [-0.3, -0.25) is 10.3 Å². The van der Waals surface area contributed by atoms with E-state index in [2.05, 4.69) is 10.3 Å². The van der Waals surface area contributed by atoms with E-state index in [0.29, 0.717) is 11.7 Å². The third-order valence-electron chi connectivity index (χ3n) is 2.11. The van der Waals surface area contributed by atoms with Gasteiger partial charge < -0.3 is 0 Å². The van der Waals surface area contributed by atoms with Crippen LogP contribution in [0.4, 0.5) is 0 Å². The Labute approximate surface area is 111 Å². The Morgan fingerprint density at radius 1 is 1.44 bits per heavy atom. The number of rotatable bonds is 3. The molecule has 0 saturated heterocycles. The van der Waals surface area contributed by atoms with Gasteiger partial charge in [0.1, 0.15) is 0 Å². The maximum Gasteiger partial charge on any atom is 0.183 e. The number of nitrogens with one attached hydrogen (secondary N) is 1. The molecule has 0 aliphatic heterocycles. The summed E-state index contributed by atoms with van der Waals surface area (Å²) in [7, 11) is -3.16.